The summed E-state index contributed by atoms with van der Waals surface area (Å²) in [4.78, 5) is 18.6. The summed E-state index contributed by atoms with van der Waals surface area (Å²) in [6.07, 6.45) is 3.04. The molecule has 0 aromatic heterocycles. The summed E-state index contributed by atoms with van der Waals surface area (Å²) in [6.45, 7) is 10.7. The highest BCUT2D eigenvalue weighted by molar-refractivity contribution is 6.03. The number of aliphatic imine (C=N–C) groups is 1. The van der Waals surface area contributed by atoms with Crippen molar-refractivity contribution in [2.24, 2.45) is 10.9 Å². The van der Waals surface area contributed by atoms with Crippen molar-refractivity contribution in [2.75, 3.05) is 19.7 Å². The van der Waals surface area contributed by atoms with Gasteiger partial charge in [0.2, 0.25) is 0 Å². The number of amidine groups is 1. The highest BCUT2D eigenvalue weighted by atomic mass is 16.5. The van der Waals surface area contributed by atoms with Crippen LogP contribution in [0.2, 0.25) is 0 Å². The van der Waals surface area contributed by atoms with E-state index in [1.54, 1.807) is 0 Å². The number of ether oxygens (including phenoxy) is 1. The first-order valence-electron chi connectivity index (χ1n) is 9.08. The van der Waals surface area contributed by atoms with Crippen LogP contribution < -0.4 is 0 Å². The van der Waals surface area contributed by atoms with Gasteiger partial charge >= 0.3 is 6.09 Å². The van der Waals surface area contributed by atoms with Gasteiger partial charge in [-0.05, 0) is 36.7 Å². The minimum absolute atomic E-state index is 0.313. The number of carbonyl (C=O) groups excluding carboxylic acids is 1. The van der Waals surface area contributed by atoms with Gasteiger partial charge in [-0.15, -0.1) is 0 Å². The quantitative estimate of drug-likeness (QED) is 0.586. The number of likely N-dealkylation sites (tertiary alicyclic amines) is 1. The molecule has 0 bridgehead atoms. The number of hydrogen-bond donors (Lipinski definition) is 0. The minimum atomic E-state index is -0.489. The fourth-order valence-electron chi connectivity index (χ4n) is 2.80. The molecule has 1 aliphatic heterocycles. The lowest BCUT2D eigenvalue weighted by atomic mass is 10.0. The monoisotopic (exact) mass is 330 g/mol. The average Bonchev–Trinajstić information content (AvgIpc) is 2.58. The SMILES string of the molecule is CC(C)COC(=O)N=C(c1ccc(C(C)C)cc1)N1CCCCC1. The summed E-state index contributed by atoms with van der Waals surface area (Å²) in [7, 11) is 0. The van der Waals surface area contributed by atoms with Crippen LogP contribution in [0.15, 0.2) is 29.3 Å². The van der Waals surface area contributed by atoms with Gasteiger partial charge in [0.05, 0.1) is 6.61 Å². The standard InChI is InChI=1S/C20H30N2O2/c1-15(2)14-24-20(23)21-19(22-12-6-5-7-13-22)18-10-8-17(9-11-18)16(3)4/h8-11,15-16H,5-7,12-14H2,1-4H3. The lowest BCUT2D eigenvalue weighted by molar-refractivity contribution is 0.143. The molecule has 4 heteroatoms. The van der Waals surface area contributed by atoms with Gasteiger partial charge in [0.1, 0.15) is 5.84 Å². The highest BCUT2D eigenvalue weighted by Gasteiger charge is 2.18. The molecule has 0 aliphatic carbocycles. The Balaban J connectivity index is 2.23. The summed E-state index contributed by atoms with van der Waals surface area (Å²) >= 11 is 0. The Bertz CT molecular complexity index is 556. The Morgan fingerprint density at radius 3 is 2.25 bits per heavy atom. The lowest BCUT2D eigenvalue weighted by Crippen LogP contribution is -2.37. The van der Waals surface area contributed by atoms with E-state index in [4.69, 9.17) is 4.74 Å². The smallest absolute Gasteiger partial charge is 0.435 e. The third-order valence-electron chi connectivity index (χ3n) is 4.23. The lowest BCUT2D eigenvalue weighted by Gasteiger charge is -2.29. The van der Waals surface area contributed by atoms with Crippen molar-refractivity contribution in [1.29, 1.82) is 0 Å². The van der Waals surface area contributed by atoms with Crippen LogP contribution in [0.4, 0.5) is 4.79 Å². The number of amides is 1. The molecule has 0 spiro atoms. The molecule has 1 amide bonds. The van der Waals surface area contributed by atoms with Gasteiger partial charge in [-0.25, -0.2) is 4.79 Å². The third-order valence-corrected chi connectivity index (χ3v) is 4.23. The van der Waals surface area contributed by atoms with Crippen LogP contribution in [0.5, 0.6) is 0 Å². The normalized spacial score (nSPS) is 15.9. The number of piperidine rings is 1. The molecule has 1 saturated heterocycles. The van der Waals surface area contributed by atoms with E-state index in [1.807, 2.05) is 13.8 Å². The average molecular weight is 330 g/mol. The Labute approximate surface area is 145 Å². The van der Waals surface area contributed by atoms with Gasteiger partial charge in [0, 0.05) is 18.7 Å². The van der Waals surface area contributed by atoms with Gasteiger partial charge in [-0.3, -0.25) is 0 Å². The summed E-state index contributed by atoms with van der Waals surface area (Å²) < 4.78 is 5.26. The minimum Gasteiger partial charge on any atom is -0.448 e. The number of rotatable bonds is 4. The molecule has 24 heavy (non-hydrogen) atoms. The number of hydrogen-bond acceptors (Lipinski definition) is 2. The first-order valence-corrected chi connectivity index (χ1v) is 9.08. The van der Waals surface area contributed by atoms with Crippen molar-refractivity contribution >= 4 is 11.9 Å². The summed E-state index contributed by atoms with van der Waals surface area (Å²) in [5, 5.41) is 0. The maximum Gasteiger partial charge on any atom is 0.435 e. The summed E-state index contributed by atoms with van der Waals surface area (Å²) in [5.74, 6) is 1.55. The number of carbonyl (C=O) groups is 1. The molecular formula is C20H30N2O2. The zero-order chi connectivity index (χ0) is 17.5. The Kier molecular flexibility index (Phi) is 6.83. The molecular weight excluding hydrogens is 300 g/mol. The second-order valence-corrected chi connectivity index (χ2v) is 7.23. The molecule has 0 unspecified atom stereocenters. The molecule has 1 aromatic rings. The van der Waals surface area contributed by atoms with Crippen LogP contribution in [-0.4, -0.2) is 36.5 Å². The number of benzene rings is 1. The topological polar surface area (TPSA) is 41.9 Å². The van der Waals surface area contributed by atoms with Crippen molar-refractivity contribution in [3.63, 3.8) is 0 Å². The van der Waals surface area contributed by atoms with E-state index in [1.165, 1.54) is 12.0 Å². The molecule has 2 rings (SSSR count). The second-order valence-electron chi connectivity index (χ2n) is 7.23. The molecule has 132 valence electrons. The van der Waals surface area contributed by atoms with E-state index in [0.29, 0.717) is 18.4 Å². The molecule has 0 saturated carbocycles. The molecule has 0 N–H and O–H groups in total. The molecule has 0 atom stereocenters. The van der Waals surface area contributed by atoms with Crippen LogP contribution in [0.25, 0.3) is 0 Å². The van der Waals surface area contributed by atoms with Gasteiger partial charge in [0.25, 0.3) is 0 Å². The molecule has 1 heterocycles. The molecule has 1 aromatic carbocycles. The van der Waals surface area contributed by atoms with Crippen LogP contribution in [0.1, 0.15) is 64.0 Å². The van der Waals surface area contributed by atoms with Crippen LogP contribution in [0.3, 0.4) is 0 Å². The predicted molar refractivity (Wildman–Crippen MR) is 98.7 cm³/mol. The maximum absolute atomic E-state index is 12.1. The molecule has 0 radical (unpaired) electrons. The Morgan fingerprint density at radius 1 is 1.08 bits per heavy atom. The predicted octanol–water partition coefficient (Wildman–Crippen LogP) is 4.84. The fourth-order valence-corrected chi connectivity index (χ4v) is 2.80. The van der Waals surface area contributed by atoms with Crippen LogP contribution >= 0.6 is 0 Å². The van der Waals surface area contributed by atoms with Crippen molar-refractivity contribution < 1.29 is 9.53 Å². The van der Waals surface area contributed by atoms with Gasteiger partial charge in [0.15, 0.2) is 0 Å². The van der Waals surface area contributed by atoms with Crippen molar-refractivity contribution in [3.05, 3.63) is 35.4 Å². The molecule has 1 fully saturated rings. The highest BCUT2D eigenvalue weighted by Crippen LogP contribution is 2.18. The maximum atomic E-state index is 12.1. The molecule has 4 nitrogen and oxygen atoms in total. The van der Waals surface area contributed by atoms with Crippen molar-refractivity contribution in [3.8, 4) is 0 Å². The third kappa shape index (κ3) is 5.36. The van der Waals surface area contributed by atoms with Gasteiger partial charge in [-0.1, -0.05) is 52.0 Å². The summed E-state index contributed by atoms with van der Waals surface area (Å²) in [6, 6.07) is 8.38. The zero-order valence-corrected chi connectivity index (χ0v) is 15.4. The second kappa shape index (κ2) is 8.86. The Hall–Kier alpha value is -1.84. The summed E-state index contributed by atoms with van der Waals surface area (Å²) in [5.41, 5.74) is 2.28. The van der Waals surface area contributed by atoms with Crippen LogP contribution in [0, 0.1) is 5.92 Å². The van der Waals surface area contributed by atoms with E-state index in [2.05, 4.69) is 48.0 Å². The van der Waals surface area contributed by atoms with Crippen molar-refractivity contribution in [2.45, 2.75) is 52.9 Å². The first kappa shape index (κ1) is 18.5. The molecule has 1 aliphatic rings. The van der Waals surface area contributed by atoms with Gasteiger partial charge < -0.3 is 9.64 Å². The van der Waals surface area contributed by atoms with E-state index in [9.17, 15) is 4.79 Å². The van der Waals surface area contributed by atoms with Gasteiger partial charge in [-0.2, -0.15) is 4.99 Å². The number of nitrogens with zero attached hydrogens (tertiary/aromatic N) is 2. The fraction of sp³-hybridized carbons (Fsp3) is 0.600. The van der Waals surface area contributed by atoms with Crippen LogP contribution in [-0.2, 0) is 4.74 Å². The Morgan fingerprint density at radius 2 is 1.71 bits per heavy atom. The zero-order valence-electron chi connectivity index (χ0n) is 15.4. The van der Waals surface area contributed by atoms with E-state index in [0.717, 1.165) is 37.3 Å². The van der Waals surface area contributed by atoms with E-state index >= 15 is 0 Å². The van der Waals surface area contributed by atoms with E-state index < -0.39 is 6.09 Å². The first-order chi connectivity index (χ1) is 11.5. The largest absolute Gasteiger partial charge is 0.448 e. The van der Waals surface area contributed by atoms with Crippen molar-refractivity contribution in [1.82, 2.24) is 4.90 Å². The van der Waals surface area contributed by atoms with E-state index in [-0.39, 0.29) is 0 Å².